The van der Waals surface area contributed by atoms with E-state index in [0.717, 1.165) is 16.5 Å². The summed E-state index contributed by atoms with van der Waals surface area (Å²) >= 11 is 6.10. The van der Waals surface area contributed by atoms with E-state index in [-0.39, 0.29) is 11.8 Å². The van der Waals surface area contributed by atoms with E-state index in [1.807, 2.05) is 37.4 Å². The molecule has 2 aromatic carbocycles. The fraction of sp³-hybridized carbons (Fsp3) is 0.200. The van der Waals surface area contributed by atoms with Crippen molar-refractivity contribution in [3.05, 3.63) is 70.9 Å². The third kappa shape index (κ3) is 3.89. The van der Waals surface area contributed by atoms with Crippen LogP contribution in [0.1, 0.15) is 22.8 Å². The Labute approximate surface area is 156 Å². The minimum Gasteiger partial charge on any atom is -0.361 e. The molecule has 1 unspecified atom stereocenters. The highest BCUT2D eigenvalue weighted by atomic mass is 35.5. The number of aromatic nitrogens is 1. The summed E-state index contributed by atoms with van der Waals surface area (Å²) in [5.74, 6) is -0.593. The zero-order chi connectivity index (χ0) is 18.5. The molecule has 0 aliphatic rings. The van der Waals surface area contributed by atoms with Crippen molar-refractivity contribution >= 4 is 34.3 Å². The monoisotopic (exact) mass is 369 g/mol. The molecule has 3 N–H and O–H groups in total. The van der Waals surface area contributed by atoms with Gasteiger partial charge < -0.3 is 15.6 Å². The average molecular weight is 370 g/mol. The lowest BCUT2D eigenvalue weighted by Gasteiger charge is -2.18. The highest BCUT2D eigenvalue weighted by molar-refractivity contribution is 6.33. The van der Waals surface area contributed by atoms with Crippen molar-refractivity contribution in [3.63, 3.8) is 0 Å². The lowest BCUT2D eigenvalue weighted by atomic mass is 10.0. The number of benzene rings is 2. The Kier molecular flexibility index (Phi) is 5.58. The number of halogens is 1. The lowest BCUT2D eigenvalue weighted by Crippen LogP contribution is -2.48. The SMILES string of the molecule is CCNC(=O)C(Cc1c[nH]c2ccccc12)NC(=O)c1ccccc1Cl. The van der Waals surface area contributed by atoms with Crippen molar-refractivity contribution < 1.29 is 9.59 Å². The molecule has 134 valence electrons. The average Bonchev–Trinajstić information content (AvgIpc) is 3.05. The third-order valence-electron chi connectivity index (χ3n) is 4.19. The number of amides is 2. The van der Waals surface area contributed by atoms with Gasteiger partial charge in [0.15, 0.2) is 0 Å². The van der Waals surface area contributed by atoms with Crippen LogP contribution in [0.4, 0.5) is 0 Å². The molecule has 1 aromatic heterocycles. The van der Waals surface area contributed by atoms with Gasteiger partial charge in [0.1, 0.15) is 6.04 Å². The summed E-state index contributed by atoms with van der Waals surface area (Å²) in [5.41, 5.74) is 2.31. The fourth-order valence-corrected chi connectivity index (χ4v) is 3.13. The van der Waals surface area contributed by atoms with E-state index in [1.54, 1.807) is 24.3 Å². The molecular formula is C20H20ClN3O2. The highest BCUT2D eigenvalue weighted by Crippen LogP contribution is 2.20. The van der Waals surface area contributed by atoms with Gasteiger partial charge in [-0.3, -0.25) is 9.59 Å². The molecule has 0 bridgehead atoms. The van der Waals surface area contributed by atoms with Gasteiger partial charge in [-0.2, -0.15) is 0 Å². The number of fused-ring (bicyclic) bond motifs is 1. The first-order valence-corrected chi connectivity index (χ1v) is 8.86. The molecule has 1 heterocycles. The topological polar surface area (TPSA) is 74.0 Å². The van der Waals surface area contributed by atoms with E-state index in [2.05, 4.69) is 15.6 Å². The van der Waals surface area contributed by atoms with Crippen LogP contribution in [0, 0.1) is 0 Å². The number of H-pyrrole nitrogens is 1. The number of hydrogen-bond acceptors (Lipinski definition) is 2. The van der Waals surface area contributed by atoms with Crippen LogP contribution in [-0.4, -0.2) is 29.4 Å². The molecule has 0 aliphatic heterocycles. The molecule has 5 nitrogen and oxygen atoms in total. The first-order valence-electron chi connectivity index (χ1n) is 8.48. The Morgan fingerprint density at radius 1 is 1.12 bits per heavy atom. The zero-order valence-corrected chi connectivity index (χ0v) is 15.1. The molecule has 3 aromatic rings. The number of aromatic amines is 1. The van der Waals surface area contributed by atoms with Crippen LogP contribution < -0.4 is 10.6 Å². The van der Waals surface area contributed by atoms with E-state index >= 15 is 0 Å². The number of carbonyl (C=O) groups excluding carboxylic acids is 2. The first kappa shape index (κ1) is 18.0. The van der Waals surface area contributed by atoms with Gasteiger partial charge in [-0.25, -0.2) is 0 Å². The Hall–Kier alpha value is -2.79. The summed E-state index contributed by atoms with van der Waals surface area (Å²) in [5, 5.41) is 6.98. The van der Waals surface area contributed by atoms with Crippen molar-refractivity contribution in [1.82, 2.24) is 15.6 Å². The Balaban J connectivity index is 1.84. The maximum Gasteiger partial charge on any atom is 0.253 e. The Morgan fingerprint density at radius 3 is 2.62 bits per heavy atom. The van der Waals surface area contributed by atoms with Crippen molar-refractivity contribution in [2.24, 2.45) is 0 Å². The molecular weight excluding hydrogens is 350 g/mol. The molecule has 3 rings (SSSR count). The third-order valence-corrected chi connectivity index (χ3v) is 4.52. The van der Waals surface area contributed by atoms with E-state index in [0.29, 0.717) is 23.6 Å². The minimum absolute atomic E-state index is 0.224. The second-order valence-corrected chi connectivity index (χ2v) is 6.37. The molecule has 26 heavy (non-hydrogen) atoms. The second-order valence-electron chi connectivity index (χ2n) is 5.96. The molecule has 6 heteroatoms. The van der Waals surface area contributed by atoms with Gasteiger partial charge in [0.05, 0.1) is 10.6 Å². The number of hydrogen-bond donors (Lipinski definition) is 3. The van der Waals surface area contributed by atoms with Crippen LogP contribution in [0.5, 0.6) is 0 Å². The Bertz CT molecular complexity index is 935. The number of nitrogens with one attached hydrogen (secondary N) is 3. The largest absolute Gasteiger partial charge is 0.361 e. The van der Waals surface area contributed by atoms with Crippen LogP contribution in [0.3, 0.4) is 0 Å². The zero-order valence-electron chi connectivity index (χ0n) is 14.4. The molecule has 0 saturated carbocycles. The molecule has 1 atom stereocenters. The van der Waals surface area contributed by atoms with Crippen LogP contribution in [0.2, 0.25) is 5.02 Å². The Morgan fingerprint density at radius 2 is 1.85 bits per heavy atom. The van der Waals surface area contributed by atoms with Crippen molar-refractivity contribution in [3.8, 4) is 0 Å². The smallest absolute Gasteiger partial charge is 0.253 e. The van der Waals surface area contributed by atoms with Gasteiger partial charge in [-0.15, -0.1) is 0 Å². The fourth-order valence-electron chi connectivity index (χ4n) is 2.91. The maximum atomic E-state index is 12.6. The first-order chi connectivity index (χ1) is 12.6. The predicted octanol–water partition coefficient (Wildman–Crippen LogP) is 3.30. The van der Waals surface area contributed by atoms with E-state index < -0.39 is 6.04 Å². The van der Waals surface area contributed by atoms with Crippen LogP contribution >= 0.6 is 11.6 Å². The maximum absolute atomic E-state index is 12.6. The predicted molar refractivity (Wildman–Crippen MR) is 103 cm³/mol. The second kappa shape index (κ2) is 8.06. The molecule has 0 aliphatic carbocycles. The summed E-state index contributed by atoms with van der Waals surface area (Å²) < 4.78 is 0. The summed E-state index contributed by atoms with van der Waals surface area (Å²) in [6, 6.07) is 13.9. The van der Waals surface area contributed by atoms with Crippen LogP contribution in [0.25, 0.3) is 10.9 Å². The standard InChI is InChI=1S/C20H20ClN3O2/c1-2-22-20(26)18(24-19(25)15-8-3-5-9-16(15)21)11-13-12-23-17-10-6-4-7-14(13)17/h3-10,12,18,23H,2,11H2,1H3,(H,22,26)(H,24,25). The van der Waals surface area contributed by atoms with Crippen molar-refractivity contribution in [2.75, 3.05) is 6.54 Å². The number of para-hydroxylation sites is 1. The van der Waals surface area contributed by atoms with Gasteiger partial charge in [0.25, 0.3) is 5.91 Å². The summed E-state index contributed by atoms with van der Waals surface area (Å²) in [4.78, 5) is 28.3. The molecule has 0 fully saturated rings. The van der Waals surface area contributed by atoms with E-state index in [9.17, 15) is 9.59 Å². The number of likely N-dealkylation sites (N-methyl/N-ethyl adjacent to an activating group) is 1. The highest BCUT2D eigenvalue weighted by Gasteiger charge is 2.23. The molecule has 2 amide bonds. The van der Waals surface area contributed by atoms with Gasteiger partial charge >= 0.3 is 0 Å². The normalized spacial score (nSPS) is 11.9. The quantitative estimate of drug-likeness (QED) is 0.623. The lowest BCUT2D eigenvalue weighted by molar-refractivity contribution is -0.122. The van der Waals surface area contributed by atoms with Crippen LogP contribution in [-0.2, 0) is 11.2 Å². The van der Waals surface area contributed by atoms with Crippen LogP contribution in [0.15, 0.2) is 54.7 Å². The van der Waals surface area contributed by atoms with Crippen molar-refractivity contribution in [2.45, 2.75) is 19.4 Å². The molecule has 0 radical (unpaired) electrons. The minimum atomic E-state index is -0.696. The summed E-state index contributed by atoms with van der Waals surface area (Å²) in [6.07, 6.45) is 2.25. The number of carbonyl (C=O) groups is 2. The summed E-state index contributed by atoms with van der Waals surface area (Å²) in [6.45, 7) is 2.34. The van der Waals surface area contributed by atoms with E-state index in [1.165, 1.54) is 0 Å². The molecule has 0 saturated heterocycles. The van der Waals surface area contributed by atoms with Gasteiger partial charge in [0, 0.05) is 30.1 Å². The van der Waals surface area contributed by atoms with Gasteiger partial charge in [-0.05, 0) is 30.7 Å². The van der Waals surface area contributed by atoms with Gasteiger partial charge in [-0.1, -0.05) is 41.9 Å². The number of rotatable bonds is 6. The van der Waals surface area contributed by atoms with Gasteiger partial charge in [0.2, 0.25) is 5.91 Å². The molecule has 0 spiro atoms. The summed E-state index contributed by atoms with van der Waals surface area (Å²) in [7, 11) is 0. The van der Waals surface area contributed by atoms with Crippen molar-refractivity contribution in [1.29, 1.82) is 0 Å². The van der Waals surface area contributed by atoms with E-state index in [4.69, 9.17) is 11.6 Å².